The third kappa shape index (κ3) is 3.39. The van der Waals surface area contributed by atoms with E-state index in [-0.39, 0.29) is 24.1 Å². The van der Waals surface area contributed by atoms with Gasteiger partial charge in [-0.1, -0.05) is 5.92 Å². The second-order valence-corrected chi connectivity index (χ2v) is 9.15. The largest absolute Gasteiger partial charge is 0.508 e. The van der Waals surface area contributed by atoms with Gasteiger partial charge in [-0.05, 0) is 54.7 Å². The molecular formula is C21H23ClN4O5. The molecule has 1 aliphatic heterocycles. The highest BCUT2D eigenvalue weighted by atomic mass is 35.5. The van der Waals surface area contributed by atoms with Gasteiger partial charge in [0, 0.05) is 12.6 Å². The minimum atomic E-state index is -1.50. The Hall–Kier alpha value is -2.54. The van der Waals surface area contributed by atoms with E-state index in [1.54, 1.807) is 16.8 Å². The average Bonchev–Trinajstić information content (AvgIpc) is 3.22. The molecule has 0 aromatic carbocycles. The van der Waals surface area contributed by atoms with Crippen LogP contribution in [0.1, 0.15) is 38.3 Å². The number of nitrogen functional groups attached to an aromatic ring is 1. The Morgan fingerprint density at radius 1 is 1.42 bits per heavy atom. The predicted octanol–water partition coefficient (Wildman–Crippen LogP) is 2.66. The third-order valence-corrected chi connectivity index (χ3v) is 7.03. The molecule has 3 saturated carbocycles. The number of aliphatic hydroxyl groups excluding tert-OH is 1. The summed E-state index contributed by atoms with van der Waals surface area (Å²) in [6.45, 7) is -0.0117. The Kier molecular flexibility index (Phi) is 4.77. The Morgan fingerprint density at radius 3 is 2.87 bits per heavy atom. The van der Waals surface area contributed by atoms with Gasteiger partial charge >= 0.3 is 6.16 Å². The van der Waals surface area contributed by atoms with Crippen molar-refractivity contribution >= 4 is 34.6 Å². The van der Waals surface area contributed by atoms with E-state index in [4.69, 9.17) is 38.0 Å². The van der Waals surface area contributed by atoms with Crippen molar-refractivity contribution in [3.63, 3.8) is 0 Å². The highest BCUT2D eigenvalue weighted by Gasteiger charge is 2.55. The molecule has 2 aromatic heterocycles. The molecule has 0 spiro atoms. The van der Waals surface area contributed by atoms with Crippen LogP contribution in [0.3, 0.4) is 0 Å². The first-order valence-electron chi connectivity index (χ1n) is 10.3. The average molecular weight is 447 g/mol. The number of carbonyl (C=O) groups is 1. The maximum Gasteiger partial charge on any atom is 0.508 e. The molecule has 31 heavy (non-hydrogen) atoms. The van der Waals surface area contributed by atoms with Gasteiger partial charge in [0.15, 0.2) is 5.60 Å². The van der Waals surface area contributed by atoms with Crippen LogP contribution in [0.25, 0.3) is 11.0 Å². The number of aliphatic hydroxyl groups is 1. The van der Waals surface area contributed by atoms with Gasteiger partial charge in [0.1, 0.15) is 30.4 Å². The Bertz CT molecular complexity index is 1060. The molecule has 0 unspecified atom stereocenters. The number of aromatic nitrogens is 3. The molecular weight excluding hydrogens is 424 g/mol. The Balaban J connectivity index is 1.22. The van der Waals surface area contributed by atoms with Crippen molar-refractivity contribution in [3.05, 3.63) is 17.5 Å². The highest BCUT2D eigenvalue weighted by Crippen LogP contribution is 2.66. The number of hydrogen-bond donors (Lipinski definition) is 2. The number of carbonyl (C=O) groups excluding carboxylic acids is 1. The second kappa shape index (κ2) is 7.26. The molecule has 3 atom stereocenters. The van der Waals surface area contributed by atoms with E-state index in [1.807, 2.05) is 0 Å². The normalized spacial score (nSPS) is 33.4. The number of rotatable bonds is 6. The number of ether oxygens (including phenoxy) is 3. The van der Waals surface area contributed by atoms with Crippen LogP contribution < -0.4 is 5.73 Å². The van der Waals surface area contributed by atoms with Crippen LogP contribution in [0.5, 0.6) is 0 Å². The molecule has 4 fully saturated rings. The quantitative estimate of drug-likeness (QED) is 0.394. The smallest absolute Gasteiger partial charge is 0.434 e. The lowest BCUT2D eigenvalue weighted by Crippen LogP contribution is -2.52. The standard InChI is InChI=1S/C21H23ClN4O5/c1-2-21(11-30-19(28)29-6-4-20-8-12(9-20)10-20)14(27)7-15(31-21)26-5-3-13-16(23)24-18(22)25-17(13)26/h1,3,5,12,14-15,27H,4,6-11H2,(H2,23,24,25)/t12?,14-,15+,20?,21+/m0/s1. The van der Waals surface area contributed by atoms with Crippen LogP contribution in [0.4, 0.5) is 10.6 Å². The van der Waals surface area contributed by atoms with Crippen molar-refractivity contribution in [3.8, 4) is 12.3 Å². The summed E-state index contributed by atoms with van der Waals surface area (Å²) >= 11 is 5.93. The van der Waals surface area contributed by atoms with Crippen LogP contribution in [-0.4, -0.2) is 50.7 Å². The number of anilines is 1. The summed E-state index contributed by atoms with van der Waals surface area (Å²) in [6.07, 6.45) is 9.57. The number of nitrogens with zero attached hydrogens (tertiary/aromatic N) is 3. The first kappa shape index (κ1) is 20.4. The maximum atomic E-state index is 12.0. The summed E-state index contributed by atoms with van der Waals surface area (Å²) in [5, 5.41) is 11.2. The number of nitrogens with two attached hydrogens (primary N) is 1. The zero-order valence-electron chi connectivity index (χ0n) is 16.8. The summed E-state index contributed by atoms with van der Waals surface area (Å²) in [7, 11) is 0. The summed E-state index contributed by atoms with van der Waals surface area (Å²) in [4.78, 5) is 20.2. The van der Waals surface area contributed by atoms with Crippen molar-refractivity contribution < 1.29 is 24.1 Å². The van der Waals surface area contributed by atoms with E-state index in [2.05, 4.69) is 15.9 Å². The molecule has 10 heteroatoms. The molecule has 6 rings (SSSR count). The van der Waals surface area contributed by atoms with Gasteiger partial charge in [-0.15, -0.1) is 6.42 Å². The van der Waals surface area contributed by atoms with E-state index in [0.717, 1.165) is 12.3 Å². The first-order valence-corrected chi connectivity index (χ1v) is 10.6. The molecule has 0 amide bonds. The van der Waals surface area contributed by atoms with Gasteiger partial charge in [-0.2, -0.15) is 4.98 Å². The van der Waals surface area contributed by atoms with E-state index < -0.39 is 24.1 Å². The molecule has 164 valence electrons. The summed E-state index contributed by atoms with van der Waals surface area (Å²) in [6, 6.07) is 1.73. The van der Waals surface area contributed by atoms with Crippen molar-refractivity contribution in [2.75, 3.05) is 18.9 Å². The topological polar surface area (TPSA) is 122 Å². The van der Waals surface area contributed by atoms with Crippen LogP contribution in [0, 0.1) is 23.7 Å². The van der Waals surface area contributed by atoms with Crippen molar-refractivity contribution in [2.24, 2.45) is 11.3 Å². The fraction of sp³-hybridized carbons (Fsp3) is 0.571. The molecule has 2 bridgehead atoms. The monoisotopic (exact) mass is 446 g/mol. The molecule has 0 radical (unpaired) electrons. The third-order valence-electron chi connectivity index (χ3n) is 6.86. The number of fused-ring (bicyclic) bond motifs is 1. The lowest BCUT2D eigenvalue weighted by molar-refractivity contribution is -0.124. The van der Waals surface area contributed by atoms with Gasteiger partial charge in [-0.3, -0.25) is 0 Å². The Labute approximate surface area is 183 Å². The SMILES string of the molecule is C#C[C@]1(COC(=O)OCCC23CC(C2)C3)O[C@@H](n2ccc3c(N)nc(Cl)nc32)C[C@@H]1O. The zero-order valence-corrected chi connectivity index (χ0v) is 17.5. The van der Waals surface area contributed by atoms with E-state index in [0.29, 0.717) is 23.1 Å². The summed E-state index contributed by atoms with van der Waals surface area (Å²) in [5.41, 5.74) is 5.23. The zero-order chi connectivity index (χ0) is 21.8. The molecule has 3 heterocycles. The molecule has 1 saturated heterocycles. The van der Waals surface area contributed by atoms with Gasteiger partial charge in [0.2, 0.25) is 5.28 Å². The van der Waals surface area contributed by atoms with E-state index >= 15 is 0 Å². The van der Waals surface area contributed by atoms with Gasteiger partial charge in [0.05, 0.1) is 12.0 Å². The van der Waals surface area contributed by atoms with Gasteiger partial charge < -0.3 is 29.6 Å². The van der Waals surface area contributed by atoms with Crippen molar-refractivity contribution in [1.82, 2.24) is 14.5 Å². The molecule has 2 aromatic rings. The van der Waals surface area contributed by atoms with Crippen LogP contribution in [0.2, 0.25) is 5.28 Å². The van der Waals surface area contributed by atoms with E-state index in [9.17, 15) is 9.90 Å². The number of terminal acetylenes is 1. The Morgan fingerprint density at radius 2 is 2.19 bits per heavy atom. The minimum absolute atomic E-state index is 0.00310. The highest BCUT2D eigenvalue weighted by molar-refractivity contribution is 6.28. The van der Waals surface area contributed by atoms with Gasteiger partial charge in [-0.25, -0.2) is 9.78 Å². The van der Waals surface area contributed by atoms with E-state index in [1.165, 1.54) is 19.3 Å². The lowest BCUT2D eigenvalue weighted by Gasteiger charge is -2.62. The van der Waals surface area contributed by atoms with Crippen LogP contribution >= 0.6 is 11.6 Å². The van der Waals surface area contributed by atoms with Crippen LogP contribution in [0.15, 0.2) is 12.3 Å². The fourth-order valence-corrected chi connectivity index (χ4v) is 5.18. The number of halogens is 1. The summed E-state index contributed by atoms with van der Waals surface area (Å²) in [5.74, 6) is 3.57. The van der Waals surface area contributed by atoms with Crippen molar-refractivity contribution in [2.45, 2.75) is 50.0 Å². The van der Waals surface area contributed by atoms with Crippen molar-refractivity contribution in [1.29, 1.82) is 0 Å². The molecule has 3 N–H and O–H groups in total. The second-order valence-electron chi connectivity index (χ2n) is 8.81. The summed E-state index contributed by atoms with van der Waals surface area (Å²) < 4.78 is 18.0. The van der Waals surface area contributed by atoms with Gasteiger partial charge in [0.25, 0.3) is 0 Å². The predicted molar refractivity (Wildman–Crippen MR) is 111 cm³/mol. The fourth-order valence-electron chi connectivity index (χ4n) is 5.01. The minimum Gasteiger partial charge on any atom is -0.434 e. The molecule has 9 nitrogen and oxygen atoms in total. The lowest BCUT2D eigenvalue weighted by atomic mass is 9.43. The number of hydrogen-bond acceptors (Lipinski definition) is 8. The molecule has 3 aliphatic carbocycles. The maximum absolute atomic E-state index is 12.0. The first-order chi connectivity index (χ1) is 14.8. The molecule has 4 aliphatic rings. The van der Waals surface area contributed by atoms with Crippen LogP contribution in [-0.2, 0) is 14.2 Å².